The molecule has 0 radical (unpaired) electrons. The third-order valence-corrected chi connectivity index (χ3v) is 4.18. The summed E-state index contributed by atoms with van der Waals surface area (Å²) in [4.78, 5) is 16.3. The van der Waals surface area contributed by atoms with Crippen LogP contribution in [-0.4, -0.2) is 43.2 Å². The van der Waals surface area contributed by atoms with Crippen molar-refractivity contribution in [2.75, 3.05) is 31.1 Å². The van der Waals surface area contributed by atoms with Crippen LogP contribution in [0.25, 0.3) is 0 Å². The van der Waals surface area contributed by atoms with Crippen molar-refractivity contribution in [3.8, 4) is 0 Å². The standard InChI is InChI=1S/C16H23N3O/c1-12-3-4-13(2)15(11-12)18-7-9-19(10-8-18)16(20)17-14-5-6-14/h3-4,11,14H,5-10H2,1-2H3,(H,17,20). The van der Waals surface area contributed by atoms with E-state index in [-0.39, 0.29) is 6.03 Å². The summed E-state index contributed by atoms with van der Waals surface area (Å²) in [7, 11) is 0. The minimum atomic E-state index is 0.119. The lowest BCUT2D eigenvalue weighted by Gasteiger charge is -2.37. The van der Waals surface area contributed by atoms with Gasteiger partial charge in [-0.05, 0) is 43.9 Å². The Morgan fingerprint density at radius 1 is 1.15 bits per heavy atom. The maximum atomic E-state index is 12.0. The van der Waals surface area contributed by atoms with Crippen LogP contribution in [0.5, 0.6) is 0 Å². The molecule has 1 aromatic rings. The van der Waals surface area contributed by atoms with Crippen molar-refractivity contribution in [2.45, 2.75) is 32.7 Å². The number of nitrogens with one attached hydrogen (secondary N) is 1. The van der Waals surface area contributed by atoms with Gasteiger partial charge in [0.1, 0.15) is 0 Å². The van der Waals surface area contributed by atoms with Crippen molar-refractivity contribution in [2.24, 2.45) is 0 Å². The van der Waals surface area contributed by atoms with Crippen molar-refractivity contribution in [3.05, 3.63) is 29.3 Å². The Bertz CT molecular complexity index is 502. The molecule has 1 aromatic carbocycles. The third kappa shape index (κ3) is 2.89. The van der Waals surface area contributed by atoms with Crippen LogP contribution >= 0.6 is 0 Å². The van der Waals surface area contributed by atoms with E-state index in [1.165, 1.54) is 16.8 Å². The molecular formula is C16H23N3O. The maximum absolute atomic E-state index is 12.0. The van der Waals surface area contributed by atoms with Crippen molar-refractivity contribution in [1.82, 2.24) is 10.2 Å². The number of nitrogens with zero attached hydrogens (tertiary/aromatic N) is 2. The predicted octanol–water partition coefficient (Wildman–Crippen LogP) is 2.30. The topological polar surface area (TPSA) is 35.6 Å². The van der Waals surface area contributed by atoms with Gasteiger partial charge in [-0.3, -0.25) is 0 Å². The lowest BCUT2D eigenvalue weighted by molar-refractivity contribution is 0.194. The molecule has 1 aliphatic carbocycles. The number of rotatable bonds is 2. The first-order valence-corrected chi connectivity index (χ1v) is 7.51. The summed E-state index contributed by atoms with van der Waals surface area (Å²) in [6, 6.07) is 7.14. The van der Waals surface area contributed by atoms with Crippen LogP contribution in [0, 0.1) is 13.8 Å². The van der Waals surface area contributed by atoms with E-state index in [4.69, 9.17) is 0 Å². The molecule has 1 aliphatic heterocycles. The zero-order valence-corrected chi connectivity index (χ0v) is 12.4. The fourth-order valence-corrected chi connectivity index (χ4v) is 2.70. The quantitative estimate of drug-likeness (QED) is 0.897. The van der Waals surface area contributed by atoms with Crippen LogP contribution in [-0.2, 0) is 0 Å². The summed E-state index contributed by atoms with van der Waals surface area (Å²) < 4.78 is 0. The summed E-state index contributed by atoms with van der Waals surface area (Å²) in [6.45, 7) is 7.74. The second-order valence-corrected chi connectivity index (χ2v) is 5.99. The molecule has 1 N–H and O–H groups in total. The first kappa shape index (κ1) is 13.3. The molecule has 0 spiro atoms. The van der Waals surface area contributed by atoms with Gasteiger partial charge >= 0.3 is 6.03 Å². The fourth-order valence-electron chi connectivity index (χ4n) is 2.70. The summed E-state index contributed by atoms with van der Waals surface area (Å²) in [5.74, 6) is 0. The van der Waals surface area contributed by atoms with E-state index in [1.807, 2.05) is 4.90 Å². The highest BCUT2D eigenvalue weighted by atomic mass is 16.2. The number of anilines is 1. The molecular weight excluding hydrogens is 250 g/mol. The Balaban J connectivity index is 1.60. The molecule has 0 atom stereocenters. The summed E-state index contributed by atoms with van der Waals surface area (Å²) in [5.41, 5.74) is 3.92. The van der Waals surface area contributed by atoms with E-state index < -0.39 is 0 Å². The number of benzene rings is 1. The average Bonchev–Trinajstić information content (AvgIpc) is 3.26. The van der Waals surface area contributed by atoms with Crippen LogP contribution < -0.4 is 10.2 Å². The monoisotopic (exact) mass is 273 g/mol. The molecule has 1 saturated carbocycles. The van der Waals surface area contributed by atoms with Gasteiger partial charge in [0, 0.05) is 37.9 Å². The largest absolute Gasteiger partial charge is 0.368 e. The Morgan fingerprint density at radius 3 is 2.50 bits per heavy atom. The van der Waals surface area contributed by atoms with E-state index in [0.717, 1.165) is 39.0 Å². The molecule has 4 heteroatoms. The summed E-state index contributed by atoms with van der Waals surface area (Å²) >= 11 is 0. The van der Waals surface area contributed by atoms with E-state index >= 15 is 0 Å². The van der Waals surface area contributed by atoms with E-state index in [9.17, 15) is 4.79 Å². The molecule has 0 bridgehead atoms. The minimum Gasteiger partial charge on any atom is -0.368 e. The lowest BCUT2D eigenvalue weighted by atomic mass is 10.1. The van der Waals surface area contributed by atoms with Gasteiger partial charge in [-0.1, -0.05) is 12.1 Å². The van der Waals surface area contributed by atoms with Crippen LogP contribution in [0.2, 0.25) is 0 Å². The molecule has 2 amide bonds. The van der Waals surface area contributed by atoms with Crippen LogP contribution in [0.15, 0.2) is 18.2 Å². The number of urea groups is 1. The smallest absolute Gasteiger partial charge is 0.317 e. The predicted molar refractivity (Wildman–Crippen MR) is 81.3 cm³/mol. The molecule has 20 heavy (non-hydrogen) atoms. The molecule has 1 heterocycles. The second-order valence-electron chi connectivity index (χ2n) is 5.99. The number of hydrogen-bond donors (Lipinski definition) is 1. The minimum absolute atomic E-state index is 0.119. The van der Waals surface area contributed by atoms with Gasteiger partial charge in [0.15, 0.2) is 0 Å². The Kier molecular flexibility index (Phi) is 3.55. The number of piperazine rings is 1. The van der Waals surface area contributed by atoms with Crippen molar-refractivity contribution < 1.29 is 4.79 Å². The first-order chi connectivity index (χ1) is 9.63. The number of carbonyl (C=O) groups excluding carboxylic acids is 1. The average molecular weight is 273 g/mol. The summed E-state index contributed by atoms with van der Waals surface area (Å²) in [5, 5.41) is 3.07. The van der Waals surface area contributed by atoms with E-state index in [2.05, 4.69) is 42.3 Å². The van der Waals surface area contributed by atoms with E-state index in [1.54, 1.807) is 0 Å². The fraction of sp³-hybridized carbons (Fsp3) is 0.562. The number of amides is 2. The molecule has 3 rings (SSSR count). The Labute approximate surface area is 120 Å². The highest BCUT2D eigenvalue weighted by Crippen LogP contribution is 2.23. The Hall–Kier alpha value is -1.71. The van der Waals surface area contributed by atoms with Crippen LogP contribution in [0.1, 0.15) is 24.0 Å². The summed E-state index contributed by atoms with van der Waals surface area (Å²) in [6.07, 6.45) is 2.29. The van der Waals surface area contributed by atoms with Crippen molar-refractivity contribution >= 4 is 11.7 Å². The molecule has 2 aliphatic rings. The highest BCUT2D eigenvalue weighted by molar-refractivity contribution is 5.75. The zero-order chi connectivity index (χ0) is 14.1. The van der Waals surface area contributed by atoms with Crippen molar-refractivity contribution in [3.63, 3.8) is 0 Å². The first-order valence-electron chi connectivity index (χ1n) is 7.51. The normalized spacial score (nSPS) is 19.1. The Morgan fingerprint density at radius 2 is 1.85 bits per heavy atom. The number of carbonyl (C=O) groups is 1. The number of aryl methyl sites for hydroxylation is 2. The lowest BCUT2D eigenvalue weighted by Crippen LogP contribution is -2.52. The third-order valence-electron chi connectivity index (χ3n) is 4.18. The van der Waals surface area contributed by atoms with Gasteiger partial charge in [0.2, 0.25) is 0 Å². The van der Waals surface area contributed by atoms with Gasteiger partial charge < -0.3 is 15.1 Å². The van der Waals surface area contributed by atoms with Gasteiger partial charge in [0.25, 0.3) is 0 Å². The van der Waals surface area contributed by atoms with Gasteiger partial charge in [0.05, 0.1) is 0 Å². The second kappa shape index (κ2) is 5.35. The highest BCUT2D eigenvalue weighted by Gasteiger charge is 2.27. The molecule has 0 unspecified atom stereocenters. The molecule has 108 valence electrons. The number of hydrogen-bond acceptors (Lipinski definition) is 2. The van der Waals surface area contributed by atoms with Gasteiger partial charge in [-0.2, -0.15) is 0 Å². The molecule has 4 nitrogen and oxygen atoms in total. The van der Waals surface area contributed by atoms with Crippen LogP contribution in [0.4, 0.5) is 10.5 Å². The zero-order valence-electron chi connectivity index (χ0n) is 12.4. The van der Waals surface area contributed by atoms with Gasteiger partial charge in [-0.25, -0.2) is 4.79 Å². The maximum Gasteiger partial charge on any atom is 0.317 e. The SMILES string of the molecule is Cc1ccc(C)c(N2CCN(C(=O)NC3CC3)CC2)c1. The van der Waals surface area contributed by atoms with Crippen molar-refractivity contribution in [1.29, 1.82) is 0 Å². The molecule has 0 aromatic heterocycles. The van der Waals surface area contributed by atoms with Crippen LogP contribution in [0.3, 0.4) is 0 Å². The van der Waals surface area contributed by atoms with Gasteiger partial charge in [-0.15, -0.1) is 0 Å². The van der Waals surface area contributed by atoms with E-state index in [0.29, 0.717) is 6.04 Å². The molecule has 1 saturated heterocycles. The molecule has 2 fully saturated rings.